The number of hydrogen-bond acceptors (Lipinski definition) is 6. The van der Waals surface area contributed by atoms with Gasteiger partial charge in [0.1, 0.15) is 16.7 Å². The number of hydrogen-bond donors (Lipinski definition) is 1. The SMILES string of the molecule is CCOc1ccncc1S(=O)(=O)NC1CC(=O)N(C)C1=O. The molecule has 2 rings (SSSR count). The Morgan fingerprint density at radius 3 is 2.76 bits per heavy atom. The number of nitrogens with one attached hydrogen (secondary N) is 1. The maximum absolute atomic E-state index is 12.3. The minimum Gasteiger partial charge on any atom is -0.492 e. The molecule has 9 heteroatoms. The van der Waals surface area contributed by atoms with E-state index in [1.165, 1.54) is 19.3 Å². The number of likely N-dealkylation sites (tertiary alicyclic amines) is 1. The van der Waals surface area contributed by atoms with Gasteiger partial charge in [-0.2, -0.15) is 4.72 Å². The van der Waals surface area contributed by atoms with Crippen LogP contribution in [-0.2, 0) is 19.6 Å². The van der Waals surface area contributed by atoms with Gasteiger partial charge >= 0.3 is 0 Å². The Morgan fingerprint density at radius 1 is 1.48 bits per heavy atom. The molecule has 1 atom stereocenters. The number of ether oxygens (including phenoxy) is 1. The second kappa shape index (κ2) is 5.78. The average molecular weight is 313 g/mol. The number of sulfonamides is 1. The van der Waals surface area contributed by atoms with Gasteiger partial charge in [-0.05, 0) is 13.0 Å². The molecule has 1 aromatic rings. The number of imide groups is 1. The fourth-order valence-electron chi connectivity index (χ4n) is 1.94. The summed E-state index contributed by atoms with van der Waals surface area (Å²) in [5.74, 6) is -0.862. The lowest BCUT2D eigenvalue weighted by atomic mass is 10.3. The van der Waals surface area contributed by atoms with Crippen LogP contribution in [0.5, 0.6) is 5.75 Å². The van der Waals surface area contributed by atoms with Crippen molar-refractivity contribution < 1.29 is 22.7 Å². The lowest BCUT2D eigenvalue weighted by molar-refractivity contribution is -0.137. The highest BCUT2D eigenvalue weighted by atomic mass is 32.2. The number of nitrogens with zero attached hydrogens (tertiary/aromatic N) is 2. The van der Waals surface area contributed by atoms with E-state index in [0.29, 0.717) is 0 Å². The third-order valence-corrected chi connectivity index (χ3v) is 4.50. The number of carbonyl (C=O) groups is 2. The van der Waals surface area contributed by atoms with Gasteiger partial charge in [0, 0.05) is 13.2 Å². The van der Waals surface area contributed by atoms with Gasteiger partial charge in [-0.3, -0.25) is 19.5 Å². The van der Waals surface area contributed by atoms with E-state index in [4.69, 9.17) is 4.74 Å². The van der Waals surface area contributed by atoms with E-state index in [1.807, 2.05) is 0 Å². The Kier molecular flexibility index (Phi) is 4.24. The smallest absolute Gasteiger partial charge is 0.247 e. The zero-order valence-corrected chi connectivity index (χ0v) is 12.4. The summed E-state index contributed by atoms with van der Waals surface area (Å²) < 4.78 is 32.1. The van der Waals surface area contributed by atoms with Crippen LogP contribution >= 0.6 is 0 Å². The molecule has 1 aliphatic rings. The lowest BCUT2D eigenvalue weighted by Crippen LogP contribution is -2.40. The topological polar surface area (TPSA) is 106 Å². The molecule has 0 aromatic carbocycles. The third kappa shape index (κ3) is 3.03. The van der Waals surface area contributed by atoms with Crippen LogP contribution in [0.25, 0.3) is 0 Å². The number of aromatic nitrogens is 1. The largest absolute Gasteiger partial charge is 0.492 e. The standard InChI is InChI=1S/C12H15N3O5S/c1-3-20-9-4-5-13-7-10(9)21(18,19)14-8-6-11(16)15(2)12(8)17/h4-5,7-8,14H,3,6H2,1-2H3. The first-order chi connectivity index (χ1) is 9.86. The normalized spacial score (nSPS) is 19.1. The summed E-state index contributed by atoms with van der Waals surface area (Å²) in [6.07, 6.45) is 2.35. The second-order valence-corrected chi connectivity index (χ2v) is 6.11. The van der Waals surface area contributed by atoms with Gasteiger partial charge in [0.15, 0.2) is 0 Å². The molecule has 1 fully saturated rings. The van der Waals surface area contributed by atoms with E-state index in [9.17, 15) is 18.0 Å². The van der Waals surface area contributed by atoms with Gasteiger partial charge in [-0.15, -0.1) is 0 Å². The summed E-state index contributed by atoms with van der Waals surface area (Å²) >= 11 is 0. The predicted molar refractivity (Wildman–Crippen MR) is 71.9 cm³/mol. The van der Waals surface area contributed by atoms with E-state index in [0.717, 1.165) is 11.1 Å². The Hall–Kier alpha value is -2.00. The van der Waals surface area contributed by atoms with Crippen molar-refractivity contribution in [3.05, 3.63) is 18.5 Å². The summed E-state index contributed by atoms with van der Waals surface area (Å²) in [6, 6.07) is 0.327. The molecule has 0 saturated carbocycles. The van der Waals surface area contributed by atoms with Crippen LogP contribution in [0.15, 0.2) is 23.4 Å². The van der Waals surface area contributed by atoms with Gasteiger partial charge in [0.2, 0.25) is 21.8 Å². The van der Waals surface area contributed by atoms with Crippen molar-refractivity contribution in [1.29, 1.82) is 0 Å². The molecular formula is C12H15N3O5S. The molecule has 0 bridgehead atoms. The van der Waals surface area contributed by atoms with Crippen molar-refractivity contribution in [2.75, 3.05) is 13.7 Å². The first-order valence-corrected chi connectivity index (χ1v) is 7.74. The number of pyridine rings is 1. The van der Waals surface area contributed by atoms with Gasteiger partial charge in [0.05, 0.1) is 19.2 Å². The van der Waals surface area contributed by atoms with Gasteiger partial charge < -0.3 is 4.74 Å². The molecule has 1 saturated heterocycles. The lowest BCUT2D eigenvalue weighted by Gasteiger charge is -2.14. The van der Waals surface area contributed by atoms with Crippen LogP contribution in [-0.4, -0.2) is 49.8 Å². The quantitative estimate of drug-likeness (QED) is 0.736. The van der Waals surface area contributed by atoms with Gasteiger partial charge in [-0.25, -0.2) is 8.42 Å². The summed E-state index contributed by atoms with van der Waals surface area (Å²) in [6.45, 7) is 2.01. The van der Waals surface area contributed by atoms with Crippen molar-refractivity contribution in [1.82, 2.24) is 14.6 Å². The van der Waals surface area contributed by atoms with Crippen molar-refractivity contribution >= 4 is 21.8 Å². The highest BCUT2D eigenvalue weighted by Crippen LogP contribution is 2.23. The fourth-order valence-corrected chi connectivity index (χ4v) is 3.22. The highest BCUT2D eigenvalue weighted by Gasteiger charge is 2.39. The Labute approximate surface area is 122 Å². The number of rotatable bonds is 5. The van der Waals surface area contributed by atoms with Crippen LogP contribution in [0.3, 0.4) is 0 Å². The Morgan fingerprint density at radius 2 is 2.19 bits per heavy atom. The van der Waals surface area contributed by atoms with Gasteiger partial charge in [-0.1, -0.05) is 0 Å². The van der Waals surface area contributed by atoms with Crippen molar-refractivity contribution in [2.45, 2.75) is 24.3 Å². The molecule has 1 N–H and O–H groups in total. The molecule has 0 aliphatic carbocycles. The van der Waals surface area contributed by atoms with Crippen molar-refractivity contribution in [3.63, 3.8) is 0 Å². The fraction of sp³-hybridized carbons (Fsp3) is 0.417. The van der Waals surface area contributed by atoms with E-state index >= 15 is 0 Å². The monoisotopic (exact) mass is 313 g/mol. The molecule has 0 radical (unpaired) electrons. The van der Waals surface area contributed by atoms with Crippen molar-refractivity contribution in [2.24, 2.45) is 0 Å². The number of likely N-dealkylation sites (N-methyl/N-ethyl adjacent to an activating group) is 1. The van der Waals surface area contributed by atoms with E-state index < -0.39 is 27.9 Å². The van der Waals surface area contributed by atoms with E-state index in [1.54, 1.807) is 6.92 Å². The summed E-state index contributed by atoms with van der Waals surface area (Å²) in [7, 11) is -2.70. The van der Waals surface area contributed by atoms with Crippen LogP contribution < -0.4 is 9.46 Å². The first-order valence-electron chi connectivity index (χ1n) is 6.26. The molecule has 21 heavy (non-hydrogen) atoms. The average Bonchev–Trinajstić information content (AvgIpc) is 2.67. The van der Waals surface area contributed by atoms with E-state index in [2.05, 4.69) is 9.71 Å². The summed E-state index contributed by atoms with van der Waals surface area (Å²) in [4.78, 5) is 27.7. The first kappa shape index (κ1) is 15.4. The van der Waals surface area contributed by atoms with Crippen LogP contribution in [0.1, 0.15) is 13.3 Å². The zero-order chi connectivity index (χ0) is 15.6. The van der Waals surface area contributed by atoms with Crippen molar-refractivity contribution in [3.8, 4) is 5.75 Å². The predicted octanol–water partition coefficient (Wildman–Crippen LogP) is -0.484. The molecule has 1 aliphatic heterocycles. The molecule has 2 heterocycles. The molecule has 114 valence electrons. The molecule has 0 spiro atoms. The Balaban J connectivity index is 2.28. The summed E-state index contributed by atoms with van der Waals surface area (Å²) in [5, 5.41) is 0. The third-order valence-electron chi connectivity index (χ3n) is 3.01. The molecule has 2 amide bonds. The molecular weight excluding hydrogens is 298 g/mol. The zero-order valence-electron chi connectivity index (χ0n) is 11.6. The van der Waals surface area contributed by atoms with E-state index in [-0.39, 0.29) is 23.7 Å². The molecule has 1 aromatic heterocycles. The van der Waals surface area contributed by atoms with Crippen LogP contribution in [0, 0.1) is 0 Å². The highest BCUT2D eigenvalue weighted by molar-refractivity contribution is 7.89. The number of amides is 2. The second-order valence-electron chi connectivity index (χ2n) is 4.42. The molecule has 1 unspecified atom stereocenters. The van der Waals surface area contributed by atoms with Crippen LogP contribution in [0.2, 0.25) is 0 Å². The van der Waals surface area contributed by atoms with Crippen LogP contribution in [0.4, 0.5) is 0 Å². The maximum Gasteiger partial charge on any atom is 0.247 e. The Bertz CT molecular complexity index is 673. The molecule has 8 nitrogen and oxygen atoms in total. The minimum atomic E-state index is -4.01. The number of carbonyl (C=O) groups excluding carboxylic acids is 2. The van der Waals surface area contributed by atoms with Gasteiger partial charge in [0.25, 0.3) is 0 Å². The summed E-state index contributed by atoms with van der Waals surface area (Å²) in [5.41, 5.74) is 0. The maximum atomic E-state index is 12.3. The minimum absolute atomic E-state index is 0.144.